The molecule has 2 N–H and O–H groups in total. The first kappa shape index (κ1) is 9.47. The minimum atomic E-state index is 0.442. The van der Waals surface area contributed by atoms with Crippen molar-refractivity contribution in [1.82, 2.24) is 4.90 Å². The Morgan fingerprint density at radius 3 is 2.62 bits per heavy atom. The van der Waals surface area contributed by atoms with Crippen LogP contribution in [0, 0.1) is 0 Å². The summed E-state index contributed by atoms with van der Waals surface area (Å²) in [6.07, 6.45) is 8.12. The first-order chi connectivity index (χ1) is 6.27. The third-order valence-corrected chi connectivity index (χ3v) is 4.07. The lowest BCUT2D eigenvalue weighted by Gasteiger charge is -2.52. The molecule has 0 amide bonds. The molecule has 0 radical (unpaired) electrons. The molecule has 0 spiro atoms. The Labute approximate surface area is 81.5 Å². The van der Waals surface area contributed by atoms with Gasteiger partial charge in [-0.1, -0.05) is 6.92 Å². The van der Waals surface area contributed by atoms with Crippen LogP contribution in [0.1, 0.15) is 45.4 Å². The highest BCUT2D eigenvalue weighted by Gasteiger charge is 2.41. The van der Waals surface area contributed by atoms with E-state index in [1.165, 1.54) is 45.1 Å². The molecular weight excluding hydrogens is 160 g/mol. The summed E-state index contributed by atoms with van der Waals surface area (Å²) >= 11 is 0. The van der Waals surface area contributed by atoms with E-state index < -0.39 is 0 Å². The van der Waals surface area contributed by atoms with Gasteiger partial charge >= 0.3 is 0 Å². The average molecular weight is 182 g/mol. The van der Waals surface area contributed by atoms with Crippen LogP contribution in [-0.2, 0) is 0 Å². The van der Waals surface area contributed by atoms with Crippen molar-refractivity contribution in [3.8, 4) is 0 Å². The zero-order valence-electron chi connectivity index (χ0n) is 8.76. The molecule has 1 saturated carbocycles. The Kier molecular flexibility index (Phi) is 2.61. The molecule has 2 fully saturated rings. The molecule has 2 rings (SSSR count). The topological polar surface area (TPSA) is 29.3 Å². The van der Waals surface area contributed by atoms with E-state index in [1.807, 2.05) is 0 Å². The SMILES string of the molecule is CCC1(N2CCCC(N)C2)CCC1. The van der Waals surface area contributed by atoms with Crippen molar-refractivity contribution >= 4 is 0 Å². The van der Waals surface area contributed by atoms with E-state index in [1.54, 1.807) is 0 Å². The molecule has 2 nitrogen and oxygen atoms in total. The van der Waals surface area contributed by atoms with Gasteiger partial charge in [-0.15, -0.1) is 0 Å². The molecule has 1 aliphatic carbocycles. The third-order valence-electron chi connectivity index (χ3n) is 4.07. The molecule has 2 aliphatic rings. The molecule has 1 heterocycles. The van der Waals surface area contributed by atoms with Crippen molar-refractivity contribution < 1.29 is 0 Å². The van der Waals surface area contributed by atoms with E-state index in [4.69, 9.17) is 5.73 Å². The zero-order chi connectivity index (χ0) is 9.31. The van der Waals surface area contributed by atoms with Crippen molar-refractivity contribution in [3.05, 3.63) is 0 Å². The minimum absolute atomic E-state index is 0.442. The van der Waals surface area contributed by atoms with Crippen LogP contribution < -0.4 is 5.73 Å². The van der Waals surface area contributed by atoms with Gasteiger partial charge < -0.3 is 5.73 Å². The number of hydrogen-bond acceptors (Lipinski definition) is 2. The van der Waals surface area contributed by atoms with E-state index >= 15 is 0 Å². The molecule has 1 atom stereocenters. The maximum atomic E-state index is 6.01. The molecule has 0 bridgehead atoms. The predicted octanol–water partition coefficient (Wildman–Crippen LogP) is 1.74. The molecule has 0 aromatic rings. The summed E-state index contributed by atoms with van der Waals surface area (Å²) < 4.78 is 0. The second-order valence-corrected chi connectivity index (χ2v) is 4.78. The lowest BCUT2D eigenvalue weighted by molar-refractivity contribution is -0.00618. The summed E-state index contributed by atoms with van der Waals surface area (Å²) in [5.41, 5.74) is 6.58. The largest absolute Gasteiger partial charge is 0.327 e. The van der Waals surface area contributed by atoms with Crippen LogP contribution in [0.15, 0.2) is 0 Å². The van der Waals surface area contributed by atoms with Crippen LogP contribution in [0.3, 0.4) is 0 Å². The van der Waals surface area contributed by atoms with Crippen LogP contribution in [-0.4, -0.2) is 29.6 Å². The highest BCUT2D eigenvalue weighted by Crippen LogP contribution is 2.41. The van der Waals surface area contributed by atoms with Gasteiger partial charge in [-0.3, -0.25) is 4.90 Å². The van der Waals surface area contributed by atoms with E-state index in [2.05, 4.69) is 11.8 Å². The van der Waals surface area contributed by atoms with Crippen LogP contribution in [0.2, 0.25) is 0 Å². The zero-order valence-corrected chi connectivity index (χ0v) is 8.76. The van der Waals surface area contributed by atoms with Crippen LogP contribution in [0.25, 0.3) is 0 Å². The monoisotopic (exact) mass is 182 g/mol. The van der Waals surface area contributed by atoms with Gasteiger partial charge in [-0.2, -0.15) is 0 Å². The normalized spacial score (nSPS) is 34.2. The molecule has 1 unspecified atom stereocenters. The number of piperidine rings is 1. The first-order valence-electron chi connectivity index (χ1n) is 5.77. The summed E-state index contributed by atoms with van der Waals surface area (Å²) in [4.78, 5) is 2.67. The van der Waals surface area contributed by atoms with Crippen LogP contribution in [0.4, 0.5) is 0 Å². The second-order valence-electron chi connectivity index (χ2n) is 4.78. The predicted molar refractivity (Wildman–Crippen MR) is 55.7 cm³/mol. The van der Waals surface area contributed by atoms with Crippen LogP contribution >= 0.6 is 0 Å². The van der Waals surface area contributed by atoms with Crippen molar-refractivity contribution in [1.29, 1.82) is 0 Å². The van der Waals surface area contributed by atoms with Gasteiger partial charge in [-0.05, 0) is 45.1 Å². The quantitative estimate of drug-likeness (QED) is 0.705. The number of nitrogens with two attached hydrogens (primary N) is 1. The molecule has 2 heteroatoms. The summed E-state index contributed by atoms with van der Waals surface area (Å²) in [5.74, 6) is 0. The molecule has 1 aliphatic heterocycles. The van der Waals surface area contributed by atoms with E-state index in [9.17, 15) is 0 Å². The van der Waals surface area contributed by atoms with E-state index in [0.717, 1.165) is 6.54 Å². The van der Waals surface area contributed by atoms with E-state index in [-0.39, 0.29) is 0 Å². The summed E-state index contributed by atoms with van der Waals surface area (Å²) in [6, 6.07) is 0.442. The highest BCUT2D eigenvalue weighted by atomic mass is 15.2. The second kappa shape index (κ2) is 3.58. The summed E-state index contributed by atoms with van der Waals surface area (Å²) in [5, 5.41) is 0. The number of hydrogen-bond donors (Lipinski definition) is 1. The summed E-state index contributed by atoms with van der Waals surface area (Å²) in [7, 11) is 0. The Morgan fingerprint density at radius 2 is 2.15 bits per heavy atom. The molecule has 0 aromatic carbocycles. The maximum Gasteiger partial charge on any atom is 0.0207 e. The number of nitrogens with zero attached hydrogens (tertiary/aromatic N) is 1. The highest BCUT2D eigenvalue weighted by molar-refractivity contribution is 4.98. The first-order valence-corrected chi connectivity index (χ1v) is 5.77. The number of rotatable bonds is 2. The molecule has 1 saturated heterocycles. The molecule has 13 heavy (non-hydrogen) atoms. The van der Waals surface area contributed by atoms with Gasteiger partial charge in [0.1, 0.15) is 0 Å². The lowest BCUT2D eigenvalue weighted by atomic mass is 9.72. The Bertz CT molecular complexity index is 169. The van der Waals surface area contributed by atoms with Gasteiger partial charge in [0.05, 0.1) is 0 Å². The Morgan fingerprint density at radius 1 is 1.38 bits per heavy atom. The lowest BCUT2D eigenvalue weighted by Crippen LogP contribution is -2.58. The number of likely N-dealkylation sites (tertiary alicyclic amines) is 1. The van der Waals surface area contributed by atoms with Gasteiger partial charge in [0.2, 0.25) is 0 Å². The van der Waals surface area contributed by atoms with Crippen molar-refractivity contribution in [2.24, 2.45) is 5.73 Å². The van der Waals surface area contributed by atoms with Gasteiger partial charge in [0.25, 0.3) is 0 Å². The van der Waals surface area contributed by atoms with Gasteiger partial charge in [0, 0.05) is 18.1 Å². The van der Waals surface area contributed by atoms with Crippen LogP contribution in [0.5, 0.6) is 0 Å². The van der Waals surface area contributed by atoms with Crippen molar-refractivity contribution in [2.45, 2.75) is 57.0 Å². The molecule has 0 aromatic heterocycles. The minimum Gasteiger partial charge on any atom is -0.327 e. The van der Waals surface area contributed by atoms with Crippen molar-refractivity contribution in [2.75, 3.05) is 13.1 Å². The van der Waals surface area contributed by atoms with E-state index in [0.29, 0.717) is 11.6 Å². The van der Waals surface area contributed by atoms with Crippen molar-refractivity contribution in [3.63, 3.8) is 0 Å². The summed E-state index contributed by atoms with van der Waals surface area (Å²) in [6.45, 7) is 4.77. The molecule has 76 valence electrons. The smallest absolute Gasteiger partial charge is 0.0207 e. The standard InChI is InChI=1S/C11H22N2/c1-2-11(6-4-7-11)13-8-3-5-10(12)9-13/h10H,2-9,12H2,1H3. The maximum absolute atomic E-state index is 6.01. The van der Waals surface area contributed by atoms with Gasteiger partial charge in [0.15, 0.2) is 0 Å². The fourth-order valence-corrected chi connectivity index (χ4v) is 2.92. The molecular formula is C11H22N2. The average Bonchev–Trinajstić information content (AvgIpc) is 2.03. The Balaban J connectivity index is 1.97. The Hall–Kier alpha value is -0.0800. The fourth-order valence-electron chi connectivity index (χ4n) is 2.92. The third kappa shape index (κ3) is 1.62. The fraction of sp³-hybridized carbons (Fsp3) is 1.00. The van der Waals surface area contributed by atoms with Gasteiger partial charge in [-0.25, -0.2) is 0 Å².